The van der Waals surface area contributed by atoms with E-state index in [1.165, 1.54) is 0 Å². The average molecular weight is 419 g/mol. The van der Waals surface area contributed by atoms with E-state index in [2.05, 4.69) is 27.0 Å². The smallest absolute Gasteiger partial charge is 0.155 e. The number of hydrogen-bond donors (Lipinski definition) is 1. The van der Waals surface area contributed by atoms with Crippen molar-refractivity contribution in [3.8, 4) is 17.2 Å². The van der Waals surface area contributed by atoms with Gasteiger partial charge in [0.05, 0.1) is 11.7 Å². The Morgan fingerprint density at radius 3 is 2.84 bits per heavy atom. The van der Waals surface area contributed by atoms with Crippen LogP contribution in [-0.4, -0.2) is 70.8 Å². The van der Waals surface area contributed by atoms with Gasteiger partial charge in [-0.25, -0.2) is 4.98 Å². The molecule has 4 aromatic rings. The van der Waals surface area contributed by atoms with Crippen molar-refractivity contribution in [2.75, 3.05) is 46.4 Å². The van der Waals surface area contributed by atoms with Gasteiger partial charge in [0.2, 0.25) is 0 Å². The lowest BCUT2D eigenvalue weighted by atomic mass is 10.2. The average Bonchev–Trinajstić information content (AvgIpc) is 3.27. The first-order chi connectivity index (χ1) is 15.2. The molecule has 0 aliphatic carbocycles. The zero-order chi connectivity index (χ0) is 21.2. The summed E-state index contributed by atoms with van der Waals surface area (Å²) in [5.41, 5.74) is 2.28. The van der Waals surface area contributed by atoms with Crippen molar-refractivity contribution in [2.45, 2.75) is 0 Å². The second-order valence-electron chi connectivity index (χ2n) is 7.86. The fourth-order valence-corrected chi connectivity index (χ4v) is 3.88. The fourth-order valence-electron chi connectivity index (χ4n) is 3.88. The van der Waals surface area contributed by atoms with Gasteiger partial charge in [0.1, 0.15) is 29.0 Å². The molecule has 0 bridgehead atoms. The molecule has 0 unspecified atom stereocenters. The molecule has 0 saturated carbocycles. The number of hydrogen-bond acceptors (Lipinski definition) is 7. The number of piperazine rings is 1. The number of likely N-dealkylation sites (N-methyl/N-ethyl adjacent to an activating group) is 1. The van der Waals surface area contributed by atoms with E-state index in [0.29, 0.717) is 34.4 Å². The van der Waals surface area contributed by atoms with Crippen LogP contribution in [0.4, 0.5) is 0 Å². The fraction of sp³-hybridized carbons (Fsp3) is 0.304. The first kappa shape index (κ1) is 19.6. The Kier molecular flexibility index (Phi) is 5.31. The summed E-state index contributed by atoms with van der Waals surface area (Å²) in [5, 5.41) is 14.2. The summed E-state index contributed by atoms with van der Waals surface area (Å²) in [4.78, 5) is 9.20. The van der Waals surface area contributed by atoms with Crippen molar-refractivity contribution in [1.82, 2.24) is 19.2 Å². The van der Waals surface area contributed by atoms with Gasteiger partial charge in [0.25, 0.3) is 0 Å². The minimum absolute atomic E-state index is 0.415. The topological polar surface area (TPSA) is 78.7 Å². The Morgan fingerprint density at radius 1 is 1.13 bits per heavy atom. The first-order valence-corrected chi connectivity index (χ1v) is 10.4. The molecule has 0 radical (unpaired) electrons. The predicted octanol–water partition coefficient (Wildman–Crippen LogP) is 2.66. The summed E-state index contributed by atoms with van der Waals surface area (Å²) in [6.45, 7) is 5.81. The molecule has 4 heterocycles. The van der Waals surface area contributed by atoms with Gasteiger partial charge >= 0.3 is 0 Å². The summed E-state index contributed by atoms with van der Waals surface area (Å²) in [6, 6.07) is 13.2. The lowest BCUT2D eigenvalue weighted by molar-refractivity contribution is 0.134. The molecule has 3 aromatic heterocycles. The Hall–Kier alpha value is -3.36. The molecular formula is C23H25N5O3. The highest BCUT2D eigenvalue weighted by Gasteiger charge is 2.14. The normalized spacial score (nSPS) is 16.4. The van der Waals surface area contributed by atoms with Crippen LogP contribution in [0.1, 0.15) is 0 Å². The minimum Gasteiger partial charge on any atom is -0.492 e. The van der Waals surface area contributed by atoms with E-state index < -0.39 is 0 Å². The molecule has 5 rings (SSSR count). The van der Waals surface area contributed by atoms with E-state index in [4.69, 9.17) is 9.15 Å². The van der Waals surface area contributed by atoms with Gasteiger partial charge in [-0.2, -0.15) is 0 Å². The molecule has 1 aliphatic heterocycles. The van der Waals surface area contributed by atoms with Crippen LogP contribution in [0.15, 0.2) is 64.6 Å². The van der Waals surface area contributed by atoms with Crippen molar-refractivity contribution in [1.29, 1.82) is 0 Å². The van der Waals surface area contributed by atoms with Gasteiger partial charge in [-0.3, -0.25) is 4.90 Å². The van der Waals surface area contributed by atoms with Crippen molar-refractivity contribution >= 4 is 16.5 Å². The van der Waals surface area contributed by atoms with Crippen LogP contribution in [0.2, 0.25) is 0 Å². The van der Waals surface area contributed by atoms with Crippen LogP contribution >= 0.6 is 0 Å². The summed E-state index contributed by atoms with van der Waals surface area (Å²) >= 11 is 0. The van der Waals surface area contributed by atoms with E-state index >= 15 is 0 Å². The van der Waals surface area contributed by atoms with Crippen LogP contribution in [-0.2, 0) is 0 Å². The Labute approximate surface area is 179 Å². The van der Waals surface area contributed by atoms with Crippen molar-refractivity contribution < 1.29 is 14.4 Å². The number of aromatic nitrogens is 2. The molecular weight excluding hydrogens is 394 g/mol. The molecule has 0 amide bonds. The SMILES string of the molecule is CN1CCN(CCOc2ccc3oc(-c4cc5cccn5cn4)cc(=NO)c3c2)CC1. The predicted molar refractivity (Wildman–Crippen MR) is 117 cm³/mol. The number of nitrogens with zero attached hydrogens (tertiary/aromatic N) is 5. The molecule has 8 heteroatoms. The number of fused-ring (bicyclic) bond motifs is 2. The summed E-state index contributed by atoms with van der Waals surface area (Å²) < 4.78 is 14.0. The summed E-state index contributed by atoms with van der Waals surface area (Å²) in [6.07, 6.45) is 3.67. The Balaban J connectivity index is 1.37. The zero-order valence-corrected chi connectivity index (χ0v) is 17.4. The Morgan fingerprint density at radius 2 is 2.00 bits per heavy atom. The van der Waals surface area contributed by atoms with Crippen LogP contribution < -0.4 is 10.1 Å². The van der Waals surface area contributed by atoms with Crippen molar-refractivity contribution in [3.63, 3.8) is 0 Å². The van der Waals surface area contributed by atoms with E-state index in [1.807, 2.05) is 47.0 Å². The van der Waals surface area contributed by atoms with Gasteiger partial charge in [0, 0.05) is 50.5 Å². The summed E-state index contributed by atoms with van der Waals surface area (Å²) in [7, 11) is 2.15. The van der Waals surface area contributed by atoms with Crippen molar-refractivity contribution in [3.05, 3.63) is 60.3 Å². The lowest BCUT2D eigenvalue weighted by Crippen LogP contribution is -2.45. The molecule has 0 spiro atoms. The largest absolute Gasteiger partial charge is 0.492 e. The highest BCUT2D eigenvalue weighted by molar-refractivity contribution is 5.80. The second-order valence-corrected chi connectivity index (χ2v) is 7.86. The van der Waals surface area contributed by atoms with Gasteiger partial charge < -0.3 is 23.7 Å². The Bertz CT molecular complexity index is 1270. The third kappa shape index (κ3) is 4.12. The zero-order valence-electron chi connectivity index (χ0n) is 17.4. The number of ether oxygens (including phenoxy) is 1. The monoisotopic (exact) mass is 419 g/mol. The van der Waals surface area contributed by atoms with Gasteiger partial charge in [-0.15, -0.1) is 0 Å². The second kappa shape index (κ2) is 8.41. The van der Waals surface area contributed by atoms with Crippen LogP contribution in [0.3, 0.4) is 0 Å². The minimum atomic E-state index is 0.415. The highest BCUT2D eigenvalue weighted by Crippen LogP contribution is 2.24. The van der Waals surface area contributed by atoms with Crippen LogP contribution in [0.25, 0.3) is 27.9 Å². The number of rotatable bonds is 5. The third-order valence-corrected chi connectivity index (χ3v) is 5.76. The van der Waals surface area contributed by atoms with E-state index in [0.717, 1.165) is 44.0 Å². The van der Waals surface area contributed by atoms with Crippen LogP contribution in [0, 0.1) is 0 Å². The van der Waals surface area contributed by atoms with Crippen molar-refractivity contribution in [2.24, 2.45) is 5.16 Å². The maximum absolute atomic E-state index is 9.61. The maximum atomic E-state index is 9.61. The van der Waals surface area contributed by atoms with E-state index in [1.54, 1.807) is 12.4 Å². The quantitative estimate of drug-likeness (QED) is 0.396. The first-order valence-electron chi connectivity index (χ1n) is 10.4. The highest BCUT2D eigenvalue weighted by atomic mass is 16.5. The molecule has 1 aliphatic rings. The molecule has 160 valence electrons. The number of benzene rings is 1. The molecule has 1 fully saturated rings. The molecule has 1 saturated heterocycles. The lowest BCUT2D eigenvalue weighted by Gasteiger charge is -2.32. The standard InChI is InChI=1S/C23H25N5O3/c1-26-7-9-27(10-8-26)11-12-30-18-4-5-22-19(14-18)20(25-29)15-23(31-22)21-13-17-3-2-6-28(17)16-24-21/h2-6,13-16,29H,7-12H2,1H3. The third-order valence-electron chi connectivity index (χ3n) is 5.76. The van der Waals surface area contributed by atoms with E-state index in [-0.39, 0.29) is 0 Å². The summed E-state index contributed by atoms with van der Waals surface area (Å²) in [5.74, 6) is 1.26. The van der Waals surface area contributed by atoms with Gasteiger partial charge in [-0.1, -0.05) is 5.16 Å². The van der Waals surface area contributed by atoms with Crippen LogP contribution in [0.5, 0.6) is 5.75 Å². The van der Waals surface area contributed by atoms with Gasteiger partial charge in [0.15, 0.2) is 5.76 Å². The molecule has 0 atom stereocenters. The molecule has 1 N–H and O–H groups in total. The maximum Gasteiger partial charge on any atom is 0.155 e. The molecule has 8 nitrogen and oxygen atoms in total. The van der Waals surface area contributed by atoms with Gasteiger partial charge in [-0.05, 0) is 43.4 Å². The molecule has 1 aromatic carbocycles. The van der Waals surface area contributed by atoms with E-state index in [9.17, 15) is 5.21 Å². The molecule has 31 heavy (non-hydrogen) atoms.